The van der Waals surface area contributed by atoms with Gasteiger partial charge in [0.1, 0.15) is 11.6 Å². The summed E-state index contributed by atoms with van der Waals surface area (Å²) in [4.78, 5) is 3.96. The van der Waals surface area contributed by atoms with Gasteiger partial charge in [0.2, 0.25) is 0 Å². The fraction of sp³-hybridized carbons (Fsp3) is 0.350. The van der Waals surface area contributed by atoms with E-state index in [1.807, 2.05) is 17.6 Å². The van der Waals surface area contributed by atoms with E-state index in [1.54, 1.807) is 13.0 Å². The number of aromatic nitrogens is 4. The number of pyridine rings is 1. The Balaban J connectivity index is 1.88. The molecular formula is C20H18ClF3N4O. The molecule has 1 unspecified atom stereocenters. The lowest BCUT2D eigenvalue weighted by Gasteiger charge is -2.29. The minimum absolute atomic E-state index is 0.284. The van der Waals surface area contributed by atoms with Crippen molar-refractivity contribution in [2.45, 2.75) is 45.4 Å². The predicted molar refractivity (Wildman–Crippen MR) is 102 cm³/mol. The maximum atomic E-state index is 13.4. The number of halogens is 4. The molecule has 1 aliphatic rings. The van der Waals surface area contributed by atoms with Crippen LogP contribution < -0.4 is 0 Å². The van der Waals surface area contributed by atoms with E-state index in [0.29, 0.717) is 34.6 Å². The molecule has 0 saturated carbocycles. The van der Waals surface area contributed by atoms with Crippen molar-refractivity contribution in [1.29, 1.82) is 0 Å². The van der Waals surface area contributed by atoms with Gasteiger partial charge < -0.3 is 5.11 Å². The summed E-state index contributed by atoms with van der Waals surface area (Å²) in [5.74, 6) is 1.54. The highest BCUT2D eigenvalue weighted by Gasteiger charge is 2.52. The van der Waals surface area contributed by atoms with E-state index < -0.39 is 11.8 Å². The molecule has 0 radical (unpaired) electrons. The first-order valence-corrected chi connectivity index (χ1v) is 9.38. The molecule has 1 atom stereocenters. The van der Waals surface area contributed by atoms with Crippen LogP contribution >= 0.6 is 11.6 Å². The Hall–Kier alpha value is -2.45. The molecule has 1 aliphatic heterocycles. The molecule has 0 bridgehead atoms. The van der Waals surface area contributed by atoms with Crippen LogP contribution in [0.25, 0.3) is 16.8 Å². The number of hydrogen-bond acceptors (Lipinski definition) is 4. The number of rotatable bonds is 2. The Bertz CT molecular complexity index is 1120. The summed E-state index contributed by atoms with van der Waals surface area (Å²) in [5, 5.41) is 18.8. The van der Waals surface area contributed by atoms with Gasteiger partial charge in [-0.05, 0) is 56.0 Å². The van der Waals surface area contributed by atoms with Crippen LogP contribution in [0.4, 0.5) is 13.2 Å². The van der Waals surface area contributed by atoms with Gasteiger partial charge in [-0.3, -0.25) is 9.55 Å². The average molecular weight is 423 g/mol. The molecule has 9 heteroatoms. The monoisotopic (exact) mass is 422 g/mol. The van der Waals surface area contributed by atoms with Crippen LogP contribution in [0.1, 0.15) is 35.3 Å². The van der Waals surface area contributed by atoms with Crippen LogP contribution in [-0.2, 0) is 18.4 Å². The topological polar surface area (TPSA) is 63.8 Å². The van der Waals surface area contributed by atoms with E-state index in [0.717, 1.165) is 36.0 Å². The van der Waals surface area contributed by atoms with Crippen LogP contribution in [-0.4, -0.2) is 31.0 Å². The summed E-state index contributed by atoms with van der Waals surface area (Å²) in [7, 11) is 0. The van der Waals surface area contributed by atoms with Crippen molar-refractivity contribution in [3.05, 3.63) is 57.9 Å². The van der Waals surface area contributed by atoms with E-state index in [1.165, 1.54) is 6.20 Å². The highest BCUT2D eigenvalue weighted by molar-refractivity contribution is 6.33. The molecule has 152 valence electrons. The first-order valence-electron chi connectivity index (χ1n) is 9.00. The number of benzene rings is 1. The molecule has 0 aliphatic carbocycles. The lowest BCUT2D eigenvalue weighted by molar-refractivity contribution is -0.259. The van der Waals surface area contributed by atoms with E-state index in [2.05, 4.69) is 15.2 Å². The highest BCUT2D eigenvalue weighted by Crippen LogP contribution is 2.42. The molecular weight excluding hydrogens is 405 g/mol. The Kier molecular flexibility index (Phi) is 4.47. The van der Waals surface area contributed by atoms with Gasteiger partial charge in [-0.1, -0.05) is 11.6 Å². The normalized spacial score (nSPS) is 15.6. The fourth-order valence-electron chi connectivity index (χ4n) is 3.82. The van der Waals surface area contributed by atoms with E-state index in [9.17, 15) is 18.3 Å². The zero-order chi connectivity index (χ0) is 21.1. The number of nitrogens with zero attached hydrogens (tertiary/aromatic N) is 4. The molecule has 2 aromatic heterocycles. The van der Waals surface area contributed by atoms with Gasteiger partial charge in [0.25, 0.3) is 0 Å². The second kappa shape index (κ2) is 6.53. The third-order valence-corrected chi connectivity index (χ3v) is 5.77. The van der Waals surface area contributed by atoms with E-state index >= 15 is 0 Å². The van der Waals surface area contributed by atoms with Crippen molar-refractivity contribution >= 4 is 11.6 Å². The van der Waals surface area contributed by atoms with Crippen molar-refractivity contribution in [2.24, 2.45) is 0 Å². The van der Waals surface area contributed by atoms with Crippen molar-refractivity contribution in [3.8, 4) is 16.8 Å². The number of aryl methyl sites for hydroxylation is 3. The third kappa shape index (κ3) is 3.02. The van der Waals surface area contributed by atoms with Crippen molar-refractivity contribution < 1.29 is 18.3 Å². The summed E-state index contributed by atoms with van der Waals surface area (Å²) in [6, 6.07) is 3.60. The van der Waals surface area contributed by atoms with Gasteiger partial charge in [0, 0.05) is 29.9 Å². The van der Waals surface area contributed by atoms with Gasteiger partial charge in [0.05, 0.1) is 10.7 Å². The molecule has 0 spiro atoms. The summed E-state index contributed by atoms with van der Waals surface area (Å²) in [5.41, 5.74) is -0.107. The predicted octanol–water partition coefficient (Wildman–Crippen LogP) is 4.47. The zero-order valence-electron chi connectivity index (χ0n) is 16.0. The van der Waals surface area contributed by atoms with E-state index in [-0.39, 0.29) is 5.56 Å². The molecule has 5 nitrogen and oxygen atoms in total. The Morgan fingerprint density at radius 3 is 2.52 bits per heavy atom. The Labute approximate surface area is 170 Å². The molecule has 1 N–H and O–H groups in total. The lowest BCUT2D eigenvalue weighted by Crippen LogP contribution is -2.40. The van der Waals surface area contributed by atoms with E-state index in [4.69, 9.17) is 11.6 Å². The second-order valence-corrected chi connectivity index (χ2v) is 7.80. The standard InChI is InChI=1S/C20H18ClF3N4O/c1-10-14(8-25-9-15(10)19(3,29)20(22,23)24)13-6-12-4-5-17-27-26-11(2)28(17)18(12)16(21)7-13/h6-9,29H,4-5H2,1-3H3. The van der Waals surface area contributed by atoms with Crippen molar-refractivity contribution in [1.82, 2.24) is 19.7 Å². The SMILES string of the molecule is Cc1c(-c2cc(Cl)c3c(c2)CCc2nnc(C)n2-3)cncc1C(C)(O)C(F)(F)F. The van der Waals surface area contributed by atoms with Gasteiger partial charge in [-0.25, -0.2) is 0 Å². The first kappa shape index (κ1) is 19.8. The first-order chi connectivity index (χ1) is 13.5. The Morgan fingerprint density at radius 2 is 1.83 bits per heavy atom. The highest BCUT2D eigenvalue weighted by atomic mass is 35.5. The summed E-state index contributed by atoms with van der Waals surface area (Å²) in [6.07, 6.45) is -0.907. The molecule has 3 aromatic rings. The zero-order valence-corrected chi connectivity index (χ0v) is 16.7. The van der Waals surface area contributed by atoms with Crippen LogP contribution in [0.5, 0.6) is 0 Å². The number of hydrogen-bond donors (Lipinski definition) is 1. The average Bonchev–Trinajstić information content (AvgIpc) is 3.01. The Morgan fingerprint density at radius 1 is 1.10 bits per heavy atom. The number of alkyl halides is 3. The van der Waals surface area contributed by atoms with Crippen molar-refractivity contribution in [3.63, 3.8) is 0 Å². The smallest absolute Gasteiger partial charge is 0.376 e. The minimum Gasteiger partial charge on any atom is -0.376 e. The molecule has 29 heavy (non-hydrogen) atoms. The maximum Gasteiger partial charge on any atom is 0.421 e. The van der Waals surface area contributed by atoms with Crippen LogP contribution in [0, 0.1) is 13.8 Å². The largest absolute Gasteiger partial charge is 0.421 e. The van der Waals surface area contributed by atoms with Crippen LogP contribution in [0.2, 0.25) is 5.02 Å². The lowest BCUT2D eigenvalue weighted by atomic mass is 9.88. The summed E-state index contributed by atoms with van der Waals surface area (Å²) >= 11 is 6.58. The van der Waals surface area contributed by atoms with Crippen LogP contribution in [0.15, 0.2) is 24.5 Å². The summed E-state index contributed by atoms with van der Waals surface area (Å²) in [6.45, 7) is 4.12. The molecule has 0 amide bonds. The van der Waals surface area contributed by atoms with Gasteiger partial charge >= 0.3 is 6.18 Å². The minimum atomic E-state index is -4.83. The molecule has 0 fully saturated rings. The molecule has 3 heterocycles. The maximum absolute atomic E-state index is 13.4. The molecule has 1 aromatic carbocycles. The third-order valence-electron chi connectivity index (χ3n) is 5.48. The van der Waals surface area contributed by atoms with Gasteiger partial charge in [0.15, 0.2) is 5.60 Å². The van der Waals surface area contributed by atoms with Gasteiger partial charge in [-0.2, -0.15) is 13.2 Å². The summed E-state index contributed by atoms with van der Waals surface area (Å²) < 4.78 is 42.0. The van der Waals surface area contributed by atoms with Crippen molar-refractivity contribution in [2.75, 3.05) is 0 Å². The number of fused-ring (bicyclic) bond motifs is 3. The van der Waals surface area contributed by atoms with Gasteiger partial charge in [-0.15, -0.1) is 10.2 Å². The quantitative estimate of drug-likeness (QED) is 0.662. The van der Waals surface area contributed by atoms with Crippen LogP contribution in [0.3, 0.4) is 0 Å². The molecule has 0 saturated heterocycles. The number of aliphatic hydroxyl groups is 1. The molecule has 4 rings (SSSR count). The fourth-order valence-corrected chi connectivity index (χ4v) is 4.14. The second-order valence-electron chi connectivity index (χ2n) is 7.39.